The van der Waals surface area contributed by atoms with Crippen molar-refractivity contribution in [1.82, 2.24) is 4.90 Å². The highest BCUT2D eigenvalue weighted by Crippen LogP contribution is 2.19. The average Bonchev–Trinajstić information content (AvgIpc) is 2.33. The Kier molecular flexibility index (Phi) is 5.35. The molecule has 3 heteroatoms. The van der Waals surface area contributed by atoms with Gasteiger partial charge < -0.3 is 10.6 Å². The molecule has 18 heavy (non-hydrogen) atoms. The molecule has 0 heterocycles. The quantitative estimate of drug-likeness (QED) is 0.869. The number of nitrogens with zero attached hydrogens (tertiary/aromatic N) is 1. The standard InChI is InChI=1S/C15H24N2O/c1-15(2,3)14(18)17(11-7-10-16)12-13-8-5-4-6-9-13/h4-6,8-9H,7,10-12,16H2,1-3H3. The molecule has 1 aromatic rings. The first kappa shape index (κ1) is 14.7. The molecule has 1 aromatic carbocycles. The van der Waals surface area contributed by atoms with Gasteiger partial charge in [0.2, 0.25) is 5.91 Å². The number of hydrogen-bond acceptors (Lipinski definition) is 2. The first-order chi connectivity index (χ1) is 8.45. The van der Waals surface area contributed by atoms with Crippen LogP contribution in [0.1, 0.15) is 32.8 Å². The molecule has 0 spiro atoms. The average molecular weight is 248 g/mol. The van der Waals surface area contributed by atoms with Crippen LogP contribution in [0.15, 0.2) is 30.3 Å². The first-order valence-corrected chi connectivity index (χ1v) is 6.48. The highest BCUT2D eigenvalue weighted by molar-refractivity contribution is 5.81. The van der Waals surface area contributed by atoms with Gasteiger partial charge in [-0.15, -0.1) is 0 Å². The van der Waals surface area contributed by atoms with Crippen LogP contribution >= 0.6 is 0 Å². The molecule has 0 saturated carbocycles. The van der Waals surface area contributed by atoms with E-state index in [1.54, 1.807) is 0 Å². The Bertz CT molecular complexity index is 368. The Labute approximate surface area is 110 Å². The summed E-state index contributed by atoms with van der Waals surface area (Å²) in [7, 11) is 0. The molecule has 2 N–H and O–H groups in total. The highest BCUT2D eigenvalue weighted by atomic mass is 16.2. The fourth-order valence-electron chi connectivity index (χ4n) is 1.81. The van der Waals surface area contributed by atoms with E-state index in [0.717, 1.165) is 18.5 Å². The van der Waals surface area contributed by atoms with Crippen LogP contribution < -0.4 is 5.73 Å². The van der Waals surface area contributed by atoms with Crippen molar-refractivity contribution in [2.45, 2.75) is 33.7 Å². The van der Waals surface area contributed by atoms with Crippen molar-refractivity contribution >= 4 is 5.91 Å². The van der Waals surface area contributed by atoms with Crippen LogP contribution in [-0.4, -0.2) is 23.9 Å². The number of carbonyl (C=O) groups excluding carboxylic acids is 1. The Morgan fingerprint density at radius 2 is 1.83 bits per heavy atom. The molecule has 100 valence electrons. The molecule has 0 radical (unpaired) electrons. The fourth-order valence-corrected chi connectivity index (χ4v) is 1.81. The molecule has 0 aliphatic rings. The van der Waals surface area contributed by atoms with Crippen molar-refractivity contribution in [1.29, 1.82) is 0 Å². The number of rotatable bonds is 5. The van der Waals surface area contributed by atoms with Crippen LogP contribution in [0, 0.1) is 5.41 Å². The molecule has 1 rings (SSSR count). The molecule has 0 saturated heterocycles. The van der Waals surface area contributed by atoms with Crippen LogP contribution in [0.5, 0.6) is 0 Å². The van der Waals surface area contributed by atoms with Gasteiger partial charge in [-0.05, 0) is 18.5 Å². The summed E-state index contributed by atoms with van der Waals surface area (Å²) >= 11 is 0. The van der Waals surface area contributed by atoms with Gasteiger partial charge in [0.05, 0.1) is 0 Å². The van der Waals surface area contributed by atoms with E-state index < -0.39 is 0 Å². The molecule has 0 unspecified atom stereocenters. The van der Waals surface area contributed by atoms with Crippen molar-refractivity contribution in [3.63, 3.8) is 0 Å². The summed E-state index contributed by atoms with van der Waals surface area (Å²) in [6, 6.07) is 10.1. The van der Waals surface area contributed by atoms with Gasteiger partial charge in [0, 0.05) is 18.5 Å². The number of nitrogens with two attached hydrogens (primary N) is 1. The third-order valence-corrected chi connectivity index (χ3v) is 2.78. The second-order valence-electron chi connectivity index (χ2n) is 5.60. The first-order valence-electron chi connectivity index (χ1n) is 6.48. The molecule has 0 aliphatic carbocycles. The lowest BCUT2D eigenvalue weighted by Crippen LogP contribution is -2.40. The molecule has 1 amide bonds. The summed E-state index contributed by atoms with van der Waals surface area (Å²) in [6.07, 6.45) is 0.842. The number of carbonyl (C=O) groups is 1. The fraction of sp³-hybridized carbons (Fsp3) is 0.533. The molecule has 0 aliphatic heterocycles. The minimum Gasteiger partial charge on any atom is -0.338 e. The Balaban J connectivity index is 2.76. The van der Waals surface area contributed by atoms with Gasteiger partial charge in [0.15, 0.2) is 0 Å². The summed E-state index contributed by atoms with van der Waals surface area (Å²) < 4.78 is 0. The van der Waals surface area contributed by atoms with Gasteiger partial charge in [-0.1, -0.05) is 51.1 Å². The van der Waals surface area contributed by atoms with E-state index >= 15 is 0 Å². The second-order valence-corrected chi connectivity index (χ2v) is 5.60. The molecule has 0 bridgehead atoms. The molecule has 0 fully saturated rings. The normalized spacial score (nSPS) is 11.3. The van der Waals surface area contributed by atoms with Crippen molar-refractivity contribution in [2.24, 2.45) is 11.1 Å². The predicted molar refractivity (Wildman–Crippen MR) is 75.0 cm³/mol. The van der Waals surface area contributed by atoms with Crippen molar-refractivity contribution in [3.8, 4) is 0 Å². The minimum absolute atomic E-state index is 0.180. The summed E-state index contributed by atoms with van der Waals surface area (Å²) in [4.78, 5) is 14.3. The molecular formula is C15H24N2O. The summed E-state index contributed by atoms with van der Waals surface area (Å²) in [5, 5.41) is 0. The zero-order valence-electron chi connectivity index (χ0n) is 11.6. The van der Waals surface area contributed by atoms with E-state index in [-0.39, 0.29) is 11.3 Å². The highest BCUT2D eigenvalue weighted by Gasteiger charge is 2.26. The van der Waals surface area contributed by atoms with Crippen LogP contribution in [0.2, 0.25) is 0 Å². The Hall–Kier alpha value is -1.35. The maximum Gasteiger partial charge on any atom is 0.228 e. The van der Waals surface area contributed by atoms with Crippen LogP contribution in [0.3, 0.4) is 0 Å². The Morgan fingerprint density at radius 1 is 1.22 bits per heavy atom. The van der Waals surface area contributed by atoms with E-state index in [4.69, 9.17) is 5.73 Å². The van der Waals surface area contributed by atoms with Crippen molar-refractivity contribution in [2.75, 3.05) is 13.1 Å². The zero-order valence-corrected chi connectivity index (χ0v) is 11.6. The smallest absolute Gasteiger partial charge is 0.228 e. The Morgan fingerprint density at radius 3 is 2.33 bits per heavy atom. The van der Waals surface area contributed by atoms with Crippen molar-refractivity contribution in [3.05, 3.63) is 35.9 Å². The van der Waals surface area contributed by atoms with E-state index in [1.165, 1.54) is 0 Å². The van der Waals surface area contributed by atoms with E-state index in [1.807, 2.05) is 56.0 Å². The van der Waals surface area contributed by atoms with Gasteiger partial charge in [-0.25, -0.2) is 0 Å². The van der Waals surface area contributed by atoms with Crippen molar-refractivity contribution < 1.29 is 4.79 Å². The van der Waals surface area contributed by atoms with Crippen LogP contribution in [0.25, 0.3) is 0 Å². The number of amides is 1. The molecule has 0 atom stereocenters. The summed E-state index contributed by atoms with van der Waals surface area (Å²) in [5.41, 5.74) is 6.36. The molecule has 3 nitrogen and oxygen atoms in total. The third kappa shape index (κ3) is 4.49. The molecule has 0 aromatic heterocycles. The van der Waals surface area contributed by atoms with Gasteiger partial charge in [-0.3, -0.25) is 4.79 Å². The summed E-state index contributed by atoms with van der Waals surface area (Å²) in [5.74, 6) is 0.180. The van der Waals surface area contributed by atoms with E-state index in [0.29, 0.717) is 13.1 Å². The lowest BCUT2D eigenvalue weighted by molar-refractivity contribution is -0.140. The third-order valence-electron chi connectivity index (χ3n) is 2.78. The van der Waals surface area contributed by atoms with E-state index in [9.17, 15) is 4.79 Å². The maximum atomic E-state index is 12.4. The van der Waals surface area contributed by atoms with Crippen LogP contribution in [0.4, 0.5) is 0 Å². The zero-order chi connectivity index (χ0) is 13.6. The number of hydrogen-bond donors (Lipinski definition) is 1. The second kappa shape index (κ2) is 6.55. The topological polar surface area (TPSA) is 46.3 Å². The van der Waals surface area contributed by atoms with Crippen LogP contribution in [-0.2, 0) is 11.3 Å². The number of benzene rings is 1. The molecular weight excluding hydrogens is 224 g/mol. The minimum atomic E-state index is -0.344. The van der Waals surface area contributed by atoms with E-state index in [2.05, 4.69) is 0 Å². The maximum absolute atomic E-state index is 12.4. The predicted octanol–water partition coefficient (Wildman–Crippen LogP) is 2.41. The largest absolute Gasteiger partial charge is 0.338 e. The van der Waals surface area contributed by atoms with Gasteiger partial charge >= 0.3 is 0 Å². The van der Waals surface area contributed by atoms with Gasteiger partial charge in [-0.2, -0.15) is 0 Å². The lowest BCUT2D eigenvalue weighted by Gasteiger charge is -2.29. The summed E-state index contributed by atoms with van der Waals surface area (Å²) in [6.45, 7) is 7.86. The lowest BCUT2D eigenvalue weighted by atomic mass is 9.94. The SMILES string of the molecule is CC(C)(C)C(=O)N(CCCN)Cc1ccccc1. The monoisotopic (exact) mass is 248 g/mol. The van der Waals surface area contributed by atoms with Gasteiger partial charge in [0.1, 0.15) is 0 Å². The van der Waals surface area contributed by atoms with Gasteiger partial charge in [0.25, 0.3) is 0 Å².